The molecule has 0 aliphatic rings. The van der Waals surface area contributed by atoms with Crippen LogP contribution in [0.3, 0.4) is 0 Å². The van der Waals surface area contributed by atoms with Gasteiger partial charge in [0.15, 0.2) is 0 Å². The van der Waals surface area contributed by atoms with Crippen molar-refractivity contribution < 1.29 is 0 Å². The fraction of sp³-hybridized carbons (Fsp3) is 0.0294. The lowest BCUT2D eigenvalue weighted by Gasteiger charge is -2.12. The van der Waals surface area contributed by atoms with Crippen LogP contribution in [0.2, 0.25) is 0 Å². The number of hydrogen-bond acceptors (Lipinski definition) is 1. The first-order valence-corrected chi connectivity index (χ1v) is 12.9. The zero-order valence-electron chi connectivity index (χ0n) is 20.9. The average molecular weight is 489 g/mol. The third-order valence-corrected chi connectivity index (χ3v) is 7.69. The van der Waals surface area contributed by atoms with Crippen LogP contribution in [0.1, 0.15) is 0 Å². The summed E-state index contributed by atoms with van der Waals surface area (Å²) in [6, 6.07) is 39.0. The minimum Gasteiger partial charge on any atom is -0.350 e. The number of pyridine rings is 1. The smallest absolute Gasteiger partial charge is 0.0723 e. The van der Waals surface area contributed by atoms with Gasteiger partial charge in [-0.25, -0.2) is 0 Å². The minimum atomic E-state index is 0.988. The second-order valence-corrected chi connectivity index (χ2v) is 9.87. The number of hydrogen-bond donors (Lipinski definition) is 0. The molecule has 4 aromatic carbocycles. The molecule has 0 atom stereocenters. The van der Waals surface area contributed by atoms with Crippen molar-refractivity contribution in [1.82, 2.24) is 18.7 Å². The Balaban J connectivity index is 1.42. The lowest BCUT2D eigenvalue weighted by Crippen LogP contribution is -1.97. The molecule has 0 N–H and O–H groups in total. The van der Waals surface area contributed by atoms with Crippen LogP contribution in [0.25, 0.3) is 66.2 Å². The van der Waals surface area contributed by atoms with Crippen LogP contribution in [0.15, 0.2) is 128 Å². The highest BCUT2D eigenvalue weighted by Gasteiger charge is 2.17. The summed E-state index contributed by atoms with van der Waals surface area (Å²) < 4.78 is 6.87. The summed E-state index contributed by atoms with van der Waals surface area (Å²) in [5, 5.41) is 4.94. The van der Waals surface area contributed by atoms with Gasteiger partial charge in [0.2, 0.25) is 0 Å². The average Bonchev–Trinajstić information content (AvgIpc) is 3.64. The molecule has 4 heteroatoms. The van der Waals surface area contributed by atoms with Gasteiger partial charge in [-0.05, 0) is 66.0 Å². The maximum Gasteiger partial charge on any atom is 0.0723 e. The Bertz CT molecular complexity index is 2140. The van der Waals surface area contributed by atoms with Gasteiger partial charge in [0.25, 0.3) is 0 Å². The number of rotatable bonds is 3. The molecule has 180 valence electrons. The zero-order chi connectivity index (χ0) is 25.2. The van der Waals surface area contributed by atoms with Gasteiger partial charge in [0.1, 0.15) is 0 Å². The maximum absolute atomic E-state index is 4.66. The van der Waals surface area contributed by atoms with E-state index in [1.807, 2.05) is 18.3 Å². The summed E-state index contributed by atoms with van der Waals surface area (Å²) in [6.45, 7) is 0. The molecule has 8 rings (SSSR count). The molecule has 0 saturated carbocycles. The van der Waals surface area contributed by atoms with Crippen molar-refractivity contribution >= 4 is 43.6 Å². The molecule has 4 nitrogen and oxygen atoms in total. The summed E-state index contributed by atoms with van der Waals surface area (Å²) in [4.78, 5) is 4.66. The van der Waals surface area contributed by atoms with E-state index in [9.17, 15) is 0 Å². The van der Waals surface area contributed by atoms with E-state index in [1.54, 1.807) is 0 Å². The normalized spacial score (nSPS) is 11.8. The Morgan fingerprint density at radius 1 is 0.579 bits per heavy atom. The quantitative estimate of drug-likeness (QED) is 0.246. The Hall–Kier alpha value is -5.09. The monoisotopic (exact) mass is 488 g/mol. The van der Waals surface area contributed by atoms with Gasteiger partial charge >= 0.3 is 0 Å². The van der Waals surface area contributed by atoms with Crippen molar-refractivity contribution in [2.24, 2.45) is 7.05 Å². The number of fused-ring (bicyclic) bond motifs is 5. The molecule has 4 aromatic heterocycles. The van der Waals surface area contributed by atoms with Gasteiger partial charge in [-0.15, -0.1) is 0 Å². The first kappa shape index (κ1) is 21.0. The Morgan fingerprint density at radius 3 is 2.26 bits per heavy atom. The van der Waals surface area contributed by atoms with Crippen molar-refractivity contribution in [3.05, 3.63) is 128 Å². The molecule has 0 unspecified atom stereocenters. The summed E-state index contributed by atoms with van der Waals surface area (Å²) in [5.74, 6) is 0. The van der Waals surface area contributed by atoms with Crippen LogP contribution in [0.5, 0.6) is 0 Å². The van der Waals surface area contributed by atoms with E-state index in [2.05, 4.69) is 135 Å². The van der Waals surface area contributed by atoms with E-state index in [0.29, 0.717) is 0 Å². The van der Waals surface area contributed by atoms with Crippen molar-refractivity contribution in [3.8, 4) is 22.6 Å². The minimum absolute atomic E-state index is 0.988. The van der Waals surface area contributed by atoms with Crippen LogP contribution in [0, 0.1) is 0 Å². The molecule has 0 fully saturated rings. The van der Waals surface area contributed by atoms with Gasteiger partial charge < -0.3 is 13.7 Å². The fourth-order valence-electron chi connectivity index (χ4n) is 5.94. The first-order chi connectivity index (χ1) is 18.8. The van der Waals surface area contributed by atoms with Gasteiger partial charge in [0.05, 0.1) is 22.2 Å². The van der Waals surface area contributed by atoms with Gasteiger partial charge in [-0.1, -0.05) is 48.5 Å². The van der Waals surface area contributed by atoms with E-state index >= 15 is 0 Å². The SMILES string of the molecule is Cn1cc(-c2ccccn2)c2cc3c(cc21)c1ccccc1n3-c1cccc(-n2ccc3ccccc32)c1. The van der Waals surface area contributed by atoms with Gasteiger partial charge in [-0.3, -0.25) is 4.98 Å². The third-order valence-electron chi connectivity index (χ3n) is 7.69. The molecule has 0 amide bonds. The van der Waals surface area contributed by atoms with Crippen molar-refractivity contribution in [3.63, 3.8) is 0 Å². The Morgan fingerprint density at radius 2 is 1.37 bits per heavy atom. The maximum atomic E-state index is 4.66. The highest BCUT2D eigenvalue weighted by molar-refractivity contribution is 6.15. The number of nitrogens with zero attached hydrogens (tertiary/aromatic N) is 4. The predicted molar refractivity (Wildman–Crippen MR) is 157 cm³/mol. The molecule has 0 aliphatic carbocycles. The Labute approximate surface area is 219 Å². The fourth-order valence-corrected chi connectivity index (χ4v) is 5.94. The van der Waals surface area contributed by atoms with Crippen LogP contribution in [-0.2, 0) is 7.05 Å². The second kappa shape index (κ2) is 7.95. The molecule has 0 spiro atoms. The summed E-state index contributed by atoms with van der Waals surface area (Å²) in [5.41, 5.74) is 9.22. The van der Waals surface area contributed by atoms with E-state index in [-0.39, 0.29) is 0 Å². The van der Waals surface area contributed by atoms with E-state index < -0.39 is 0 Å². The van der Waals surface area contributed by atoms with Gasteiger partial charge in [-0.2, -0.15) is 0 Å². The van der Waals surface area contributed by atoms with E-state index in [1.165, 1.54) is 43.6 Å². The molecular formula is C34H24N4. The van der Waals surface area contributed by atoms with Crippen LogP contribution in [0.4, 0.5) is 0 Å². The summed E-state index contributed by atoms with van der Waals surface area (Å²) in [6.07, 6.45) is 6.21. The number of para-hydroxylation sites is 2. The third kappa shape index (κ3) is 3.01. The first-order valence-electron chi connectivity index (χ1n) is 12.9. The predicted octanol–water partition coefficient (Wildman–Crippen LogP) is 8.28. The summed E-state index contributed by atoms with van der Waals surface area (Å²) in [7, 11) is 2.12. The lowest BCUT2D eigenvalue weighted by molar-refractivity contribution is 0.970. The largest absolute Gasteiger partial charge is 0.350 e. The number of aryl methyl sites for hydroxylation is 1. The Kier molecular flexibility index (Phi) is 4.40. The molecule has 4 heterocycles. The molecule has 0 bridgehead atoms. The molecule has 0 saturated heterocycles. The van der Waals surface area contributed by atoms with Gasteiger partial charge in [0, 0.05) is 64.3 Å². The van der Waals surface area contributed by atoms with Crippen LogP contribution >= 0.6 is 0 Å². The lowest BCUT2D eigenvalue weighted by atomic mass is 10.1. The second-order valence-electron chi connectivity index (χ2n) is 9.87. The highest BCUT2D eigenvalue weighted by Crippen LogP contribution is 2.38. The molecule has 0 radical (unpaired) electrons. The summed E-state index contributed by atoms with van der Waals surface area (Å²) >= 11 is 0. The molecule has 8 aromatic rings. The molecule has 38 heavy (non-hydrogen) atoms. The van der Waals surface area contributed by atoms with E-state index in [4.69, 9.17) is 0 Å². The number of benzene rings is 4. The molecular weight excluding hydrogens is 464 g/mol. The number of aromatic nitrogens is 4. The topological polar surface area (TPSA) is 27.7 Å². The zero-order valence-corrected chi connectivity index (χ0v) is 20.9. The van der Waals surface area contributed by atoms with Crippen molar-refractivity contribution in [2.75, 3.05) is 0 Å². The van der Waals surface area contributed by atoms with Crippen molar-refractivity contribution in [1.29, 1.82) is 0 Å². The van der Waals surface area contributed by atoms with Crippen LogP contribution in [-0.4, -0.2) is 18.7 Å². The van der Waals surface area contributed by atoms with E-state index in [0.717, 1.165) is 22.6 Å². The standard InChI is InChI=1S/C34H24N4/c1-36-22-29(30-13-6-7-17-35-30)28-21-34-27(20-33(28)36)26-12-3-5-15-32(26)38(34)25-11-8-10-24(19-25)37-18-16-23-9-2-4-14-31(23)37/h2-22H,1H3. The van der Waals surface area contributed by atoms with Crippen LogP contribution < -0.4 is 0 Å². The molecule has 0 aliphatic heterocycles. The van der Waals surface area contributed by atoms with Crippen molar-refractivity contribution in [2.45, 2.75) is 0 Å². The highest BCUT2D eigenvalue weighted by atomic mass is 15.0.